The number of sulfonamides is 2. The zero-order valence-corrected chi connectivity index (χ0v) is 16.3. The van der Waals surface area contributed by atoms with Crippen LogP contribution in [0.25, 0.3) is 11.0 Å². The largest absolute Gasteiger partial charge is 0.245 e. The number of rotatable bonds is 5. The van der Waals surface area contributed by atoms with Crippen molar-refractivity contribution in [3.63, 3.8) is 0 Å². The van der Waals surface area contributed by atoms with Crippen LogP contribution in [0.4, 0.5) is 0 Å². The highest BCUT2D eigenvalue weighted by molar-refractivity contribution is 7.89. The van der Waals surface area contributed by atoms with Crippen molar-refractivity contribution in [3.05, 3.63) is 48.0 Å². The summed E-state index contributed by atoms with van der Waals surface area (Å²) < 4.78 is 58.1. The predicted octanol–water partition coefficient (Wildman–Crippen LogP) is 1.72. The lowest BCUT2D eigenvalue weighted by Gasteiger charge is -2.25. The van der Waals surface area contributed by atoms with Crippen LogP contribution in [0.5, 0.6) is 0 Å². The molecule has 0 aliphatic heterocycles. The average Bonchev–Trinajstić information content (AvgIpc) is 3.08. The van der Waals surface area contributed by atoms with Crippen LogP contribution >= 0.6 is 11.7 Å². The Kier molecular flexibility index (Phi) is 4.84. The topological polar surface area (TPSA) is 123 Å². The first-order valence-corrected chi connectivity index (χ1v) is 11.2. The second-order valence-corrected chi connectivity index (χ2v) is 9.76. The molecular formula is C15H16N4O4S3. The molecule has 0 spiro atoms. The van der Waals surface area contributed by atoms with Gasteiger partial charge in [0.25, 0.3) is 0 Å². The van der Waals surface area contributed by atoms with Crippen molar-refractivity contribution in [2.75, 3.05) is 7.05 Å². The molecule has 0 amide bonds. The van der Waals surface area contributed by atoms with E-state index < -0.39 is 26.1 Å². The Hall–Kier alpha value is -1.92. The summed E-state index contributed by atoms with van der Waals surface area (Å²) in [5.41, 5.74) is 1.49. The number of nitrogens with two attached hydrogens (primary N) is 1. The molecule has 0 bridgehead atoms. The van der Waals surface area contributed by atoms with Gasteiger partial charge in [-0.1, -0.05) is 18.2 Å². The summed E-state index contributed by atoms with van der Waals surface area (Å²) >= 11 is 0.952. The van der Waals surface area contributed by atoms with E-state index in [1.54, 1.807) is 31.2 Å². The van der Waals surface area contributed by atoms with Gasteiger partial charge in [-0.15, -0.1) is 0 Å². The Morgan fingerprint density at radius 3 is 2.31 bits per heavy atom. The number of fused-ring (bicyclic) bond motifs is 1. The highest BCUT2D eigenvalue weighted by Gasteiger charge is 2.29. The first-order valence-electron chi connectivity index (χ1n) is 7.44. The zero-order chi connectivity index (χ0) is 19.1. The van der Waals surface area contributed by atoms with Gasteiger partial charge in [0.15, 0.2) is 0 Å². The standard InChI is InChI=1S/C15H16N4O4S3/c1-10(11-6-8-12(9-7-11)25(16,20)21)19(2)26(22,23)14-5-3-4-13-15(14)18-24-17-13/h3-10H,1-2H3,(H2,16,20,21)/t10-/m1/s1. The van der Waals surface area contributed by atoms with Gasteiger partial charge in [0.05, 0.1) is 16.6 Å². The number of nitrogens with zero attached hydrogens (tertiary/aromatic N) is 3. The van der Waals surface area contributed by atoms with Gasteiger partial charge in [-0.05, 0) is 36.8 Å². The summed E-state index contributed by atoms with van der Waals surface area (Å²) in [7, 11) is -6.16. The molecule has 2 N–H and O–H groups in total. The van der Waals surface area contributed by atoms with Gasteiger partial charge < -0.3 is 0 Å². The van der Waals surface area contributed by atoms with E-state index in [1.165, 1.54) is 29.6 Å². The van der Waals surface area contributed by atoms with E-state index >= 15 is 0 Å². The van der Waals surface area contributed by atoms with Crippen LogP contribution in [0.1, 0.15) is 18.5 Å². The molecule has 1 aromatic heterocycles. The van der Waals surface area contributed by atoms with Crippen molar-refractivity contribution in [3.8, 4) is 0 Å². The van der Waals surface area contributed by atoms with E-state index in [0.29, 0.717) is 16.6 Å². The van der Waals surface area contributed by atoms with E-state index in [0.717, 1.165) is 11.7 Å². The zero-order valence-electron chi connectivity index (χ0n) is 13.9. The lowest BCUT2D eigenvalue weighted by molar-refractivity contribution is 0.398. The van der Waals surface area contributed by atoms with E-state index in [4.69, 9.17) is 5.14 Å². The molecule has 3 rings (SSSR count). The summed E-state index contributed by atoms with van der Waals surface area (Å²) in [5, 5.41) is 5.08. The SMILES string of the molecule is C[C@H](c1ccc(S(N)(=O)=O)cc1)N(C)S(=O)(=O)c1cccc2nsnc12. The summed E-state index contributed by atoms with van der Waals surface area (Å²) in [6.45, 7) is 1.71. The lowest BCUT2D eigenvalue weighted by Crippen LogP contribution is -2.30. The minimum absolute atomic E-state index is 0.0303. The second-order valence-electron chi connectivity index (χ2n) is 5.70. The summed E-state index contributed by atoms with van der Waals surface area (Å²) in [4.78, 5) is 0.0523. The number of hydrogen-bond donors (Lipinski definition) is 1. The first kappa shape index (κ1) is 18.9. The maximum absolute atomic E-state index is 13.0. The second kappa shape index (κ2) is 6.67. The Morgan fingerprint density at radius 2 is 1.69 bits per heavy atom. The van der Waals surface area contributed by atoms with E-state index in [1.807, 2.05) is 0 Å². The molecule has 0 fully saturated rings. The lowest BCUT2D eigenvalue weighted by atomic mass is 10.1. The molecule has 0 saturated carbocycles. The van der Waals surface area contributed by atoms with Crippen molar-refractivity contribution < 1.29 is 16.8 Å². The monoisotopic (exact) mass is 412 g/mol. The van der Waals surface area contributed by atoms with Gasteiger partial charge in [0.1, 0.15) is 15.9 Å². The molecule has 2 aromatic carbocycles. The molecule has 11 heteroatoms. The quantitative estimate of drug-likeness (QED) is 0.680. The Bertz CT molecular complexity index is 1160. The first-order chi connectivity index (χ1) is 12.1. The van der Waals surface area contributed by atoms with E-state index in [2.05, 4.69) is 8.75 Å². The third-order valence-electron chi connectivity index (χ3n) is 4.14. The summed E-state index contributed by atoms with van der Waals surface area (Å²) in [5.74, 6) is 0. The summed E-state index contributed by atoms with van der Waals surface area (Å²) in [6.07, 6.45) is 0. The minimum Gasteiger partial charge on any atom is -0.225 e. The Labute approximate surface area is 155 Å². The van der Waals surface area contributed by atoms with Crippen LogP contribution < -0.4 is 5.14 Å². The predicted molar refractivity (Wildman–Crippen MR) is 98.6 cm³/mol. The van der Waals surface area contributed by atoms with E-state index in [9.17, 15) is 16.8 Å². The molecular weight excluding hydrogens is 396 g/mol. The number of primary sulfonamides is 1. The maximum atomic E-state index is 13.0. The number of benzene rings is 2. The summed E-state index contributed by atoms with van der Waals surface area (Å²) in [6, 6.07) is 10.1. The fraction of sp³-hybridized carbons (Fsp3) is 0.200. The van der Waals surface area contributed by atoms with Gasteiger partial charge in [0.2, 0.25) is 20.0 Å². The van der Waals surface area contributed by atoms with Crippen LogP contribution in [0.15, 0.2) is 52.3 Å². The third-order valence-corrected chi connectivity index (χ3v) is 7.57. The molecule has 138 valence electrons. The van der Waals surface area contributed by atoms with Crippen LogP contribution in [-0.4, -0.2) is 36.9 Å². The molecule has 0 unspecified atom stereocenters. The van der Waals surface area contributed by atoms with Crippen molar-refractivity contribution >= 4 is 42.8 Å². The van der Waals surface area contributed by atoms with Crippen LogP contribution in [0, 0.1) is 0 Å². The maximum Gasteiger partial charge on any atom is 0.245 e. The highest BCUT2D eigenvalue weighted by Crippen LogP contribution is 2.29. The molecule has 1 atom stereocenters. The Morgan fingerprint density at radius 1 is 1.04 bits per heavy atom. The smallest absolute Gasteiger partial charge is 0.225 e. The molecule has 0 saturated heterocycles. The van der Waals surface area contributed by atoms with Crippen molar-refractivity contribution in [1.29, 1.82) is 0 Å². The number of aromatic nitrogens is 2. The number of hydrogen-bond acceptors (Lipinski definition) is 7. The average molecular weight is 413 g/mol. The molecule has 26 heavy (non-hydrogen) atoms. The minimum atomic E-state index is -3.83. The normalized spacial score (nSPS) is 14.0. The third kappa shape index (κ3) is 3.35. The van der Waals surface area contributed by atoms with Crippen molar-refractivity contribution in [2.24, 2.45) is 5.14 Å². The van der Waals surface area contributed by atoms with Gasteiger partial charge >= 0.3 is 0 Å². The molecule has 8 nitrogen and oxygen atoms in total. The molecule has 3 aromatic rings. The Balaban J connectivity index is 1.97. The van der Waals surface area contributed by atoms with Gasteiger partial charge in [-0.25, -0.2) is 22.0 Å². The van der Waals surface area contributed by atoms with Gasteiger partial charge in [-0.3, -0.25) is 0 Å². The van der Waals surface area contributed by atoms with Gasteiger partial charge in [0, 0.05) is 13.1 Å². The fourth-order valence-electron chi connectivity index (χ4n) is 2.50. The molecule has 0 aliphatic rings. The highest BCUT2D eigenvalue weighted by atomic mass is 32.2. The fourth-order valence-corrected chi connectivity index (χ4v) is 5.12. The van der Waals surface area contributed by atoms with Gasteiger partial charge in [-0.2, -0.15) is 13.1 Å². The van der Waals surface area contributed by atoms with Crippen LogP contribution in [0.3, 0.4) is 0 Å². The van der Waals surface area contributed by atoms with Crippen molar-refractivity contribution in [1.82, 2.24) is 13.1 Å². The molecule has 1 heterocycles. The van der Waals surface area contributed by atoms with Crippen LogP contribution in [0.2, 0.25) is 0 Å². The molecule has 0 radical (unpaired) electrons. The van der Waals surface area contributed by atoms with Crippen molar-refractivity contribution in [2.45, 2.75) is 22.8 Å². The van der Waals surface area contributed by atoms with E-state index in [-0.39, 0.29) is 9.79 Å². The molecule has 0 aliphatic carbocycles. The van der Waals surface area contributed by atoms with Crippen LogP contribution in [-0.2, 0) is 20.0 Å².